The number of hydrogen-bond donors (Lipinski definition) is 1. The highest BCUT2D eigenvalue weighted by molar-refractivity contribution is 5.97. The van der Waals surface area contributed by atoms with Crippen molar-refractivity contribution < 1.29 is 23.0 Å². The lowest BCUT2D eigenvalue weighted by atomic mass is 10.2. The molecular weight excluding hydrogens is 244 g/mol. The van der Waals surface area contributed by atoms with Crippen molar-refractivity contribution in [1.29, 1.82) is 0 Å². The monoisotopic (exact) mass is 259 g/mol. The third kappa shape index (κ3) is 4.29. The summed E-state index contributed by atoms with van der Waals surface area (Å²) in [5.74, 6) is -0.620. The zero-order valence-electron chi connectivity index (χ0n) is 10.2. The van der Waals surface area contributed by atoms with Gasteiger partial charge in [-0.05, 0) is 19.1 Å². The summed E-state index contributed by atoms with van der Waals surface area (Å²) in [6, 6.07) is 5.62. The second-order valence-electron chi connectivity index (χ2n) is 3.70. The smallest absolute Gasteiger partial charge is 0.387 e. The first-order chi connectivity index (χ1) is 8.54. The number of benzene rings is 1. The summed E-state index contributed by atoms with van der Waals surface area (Å²) in [5.41, 5.74) is 0.0701. The molecule has 0 aliphatic carbocycles. The molecule has 4 nitrogen and oxygen atoms in total. The van der Waals surface area contributed by atoms with E-state index in [1.165, 1.54) is 25.3 Å². The van der Waals surface area contributed by atoms with Crippen LogP contribution in [0.15, 0.2) is 24.3 Å². The van der Waals surface area contributed by atoms with Crippen LogP contribution in [0.3, 0.4) is 0 Å². The van der Waals surface area contributed by atoms with Gasteiger partial charge in [-0.15, -0.1) is 0 Å². The Kier molecular flexibility index (Phi) is 5.51. The van der Waals surface area contributed by atoms with Gasteiger partial charge in [-0.3, -0.25) is 4.79 Å². The third-order valence-corrected chi connectivity index (χ3v) is 2.14. The number of carbonyl (C=O) groups excluding carboxylic acids is 1. The predicted molar refractivity (Wildman–Crippen MR) is 61.9 cm³/mol. The normalized spacial score (nSPS) is 12.3. The summed E-state index contributed by atoms with van der Waals surface area (Å²) in [5, 5.41) is 2.62. The Labute approximate surface area is 104 Å². The summed E-state index contributed by atoms with van der Waals surface area (Å²) in [6.07, 6.45) is 0. The Morgan fingerprint density at radius 1 is 1.39 bits per heavy atom. The zero-order valence-corrected chi connectivity index (χ0v) is 10.2. The average molecular weight is 259 g/mol. The SMILES string of the molecule is COCC(C)NC(=O)c1ccccc1OC(F)F. The van der Waals surface area contributed by atoms with Crippen LogP contribution in [0, 0.1) is 0 Å². The molecule has 100 valence electrons. The minimum absolute atomic E-state index is 0.0701. The second-order valence-corrected chi connectivity index (χ2v) is 3.70. The van der Waals surface area contributed by atoms with Gasteiger partial charge in [-0.25, -0.2) is 0 Å². The Balaban J connectivity index is 2.78. The van der Waals surface area contributed by atoms with E-state index in [4.69, 9.17) is 4.74 Å². The molecule has 1 atom stereocenters. The van der Waals surface area contributed by atoms with Gasteiger partial charge in [0.15, 0.2) is 0 Å². The molecule has 1 amide bonds. The van der Waals surface area contributed by atoms with Crippen LogP contribution in [0.25, 0.3) is 0 Å². The third-order valence-electron chi connectivity index (χ3n) is 2.14. The Morgan fingerprint density at radius 3 is 2.67 bits per heavy atom. The van der Waals surface area contributed by atoms with E-state index in [0.29, 0.717) is 6.61 Å². The molecule has 0 aromatic heterocycles. The molecule has 1 N–H and O–H groups in total. The summed E-state index contributed by atoms with van der Waals surface area (Å²) in [4.78, 5) is 11.8. The molecule has 0 heterocycles. The van der Waals surface area contributed by atoms with Crippen molar-refractivity contribution in [2.45, 2.75) is 19.6 Å². The average Bonchev–Trinajstić information content (AvgIpc) is 2.28. The van der Waals surface area contributed by atoms with E-state index < -0.39 is 12.5 Å². The van der Waals surface area contributed by atoms with Crippen LogP contribution in [-0.2, 0) is 4.74 Å². The van der Waals surface area contributed by atoms with Crippen molar-refractivity contribution in [2.24, 2.45) is 0 Å². The molecule has 18 heavy (non-hydrogen) atoms. The van der Waals surface area contributed by atoms with E-state index in [1.54, 1.807) is 13.0 Å². The maximum absolute atomic E-state index is 12.2. The summed E-state index contributed by atoms with van der Waals surface area (Å²) < 4.78 is 33.5. The topological polar surface area (TPSA) is 47.6 Å². The van der Waals surface area contributed by atoms with E-state index >= 15 is 0 Å². The molecule has 1 aromatic carbocycles. The molecule has 0 bridgehead atoms. The van der Waals surface area contributed by atoms with Crippen LogP contribution in [0.5, 0.6) is 5.75 Å². The molecule has 1 aromatic rings. The number of para-hydroxylation sites is 1. The minimum atomic E-state index is -2.96. The van der Waals surface area contributed by atoms with Gasteiger partial charge in [0.2, 0.25) is 0 Å². The number of hydrogen-bond acceptors (Lipinski definition) is 3. The highest BCUT2D eigenvalue weighted by atomic mass is 19.3. The quantitative estimate of drug-likeness (QED) is 0.850. The molecule has 0 fully saturated rings. The van der Waals surface area contributed by atoms with Gasteiger partial charge in [0.25, 0.3) is 5.91 Å². The van der Waals surface area contributed by atoms with E-state index in [0.717, 1.165) is 0 Å². The Bertz CT molecular complexity index is 399. The predicted octanol–water partition coefficient (Wildman–Crippen LogP) is 2.05. The van der Waals surface area contributed by atoms with Crippen LogP contribution in [0.1, 0.15) is 17.3 Å². The van der Waals surface area contributed by atoms with Crippen LogP contribution in [0.2, 0.25) is 0 Å². The molecule has 0 radical (unpaired) electrons. The minimum Gasteiger partial charge on any atom is -0.434 e. The van der Waals surface area contributed by atoms with Crippen LogP contribution >= 0.6 is 0 Å². The lowest BCUT2D eigenvalue weighted by Gasteiger charge is -2.14. The van der Waals surface area contributed by atoms with E-state index in [2.05, 4.69) is 10.1 Å². The van der Waals surface area contributed by atoms with E-state index in [-0.39, 0.29) is 17.4 Å². The maximum atomic E-state index is 12.2. The molecule has 1 unspecified atom stereocenters. The number of amides is 1. The summed E-state index contributed by atoms with van der Waals surface area (Å²) >= 11 is 0. The van der Waals surface area contributed by atoms with Crippen molar-refractivity contribution in [3.05, 3.63) is 29.8 Å². The van der Waals surface area contributed by atoms with E-state index in [9.17, 15) is 13.6 Å². The Hall–Kier alpha value is -1.69. The van der Waals surface area contributed by atoms with Crippen molar-refractivity contribution in [3.63, 3.8) is 0 Å². The van der Waals surface area contributed by atoms with Crippen molar-refractivity contribution in [3.8, 4) is 5.75 Å². The van der Waals surface area contributed by atoms with Crippen molar-refractivity contribution in [1.82, 2.24) is 5.32 Å². The van der Waals surface area contributed by atoms with Gasteiger partial charge < -0.3 is 14.8 Å². The number of halogens is 2. The fourth-order valence-electron chi connectivity index (χ4n) is 1.45. The molecule has 1 rings (SSSR count). The largest absolute Gasteiger partial charge is 0.434 e. The number of methoxy groups -OCH3 is 1. The lowest BCUT2D eigenvalue weighted by Crippen LogP contribution is -2.35. The summed E-state index contributed by atoms with van der Waals surface area (Å²) in [7, 11) is 1.51. The van der Waals surface area contributed by atoms with Gasteiger partial charge in [0.1, 0.15) is 5.75 Å². The van der Waals surface area contributed by atoms with E-state index in [1.807, 2.05) is 0 Å². The molecule has 0 aliphatic rings. The number of ether oxygens (including phenoxy) is 2. The first-order valence-electron chi connectivity index (χ1n) is 5.38. The molecular formula is C12H15F2NO3. The highest BCUT2D eigenvalue weighted by Gasteiger charge is 2.16. The molecule has 0 aliphatic heterocycles. The second kappa shape index (κ2) is 6.90. The number of rotatable bonds is 6. The molecule has 0 saturated carbocycles. The van der Waals surface area contributed by atoms with Gasteiger partial charge in [0.05, 0.1) is 12.2 Å². The highest BCUT2D eigenvalue weighted by Crippen LogP contribution is 2.20. The maximum Gasteiger partial charge on any atom is 0.387 e. The number of alkyl halides is 2. The molecule has 0 spiro atoms. The fraction of sp³-hybridized carbons (Fsp3) is 0.417. The standard InChI is InChI=1S/C12H15F2NO3/c1-8(7-17-2)15-11(16)9-5-3-4-6-10(9)18-12(13)14/h3-6,8,12H,7H2,1-2H3,(H,15,16). The van der Waals surface area contributed by atoms with Gasteiger partial charge in [-0.1, -0.05) is 12.1 Å². The number of carbonyl (C=O) groups is 1. The Morgan fingerprint density at radius 2 is 2.06 bits per heavy atom. The van der Waals surface area contributed by atoms with Crippen LogP contribution in [0.4, 0.5) is 8.78 Å². The zero-order chi connectivity index (χ0) is 13.5. The fourth-order valence-corrected chi connectivity index (χ4v) is 1.45. The molecule has 6 heteroatoms. The van der Waals surface area contributed by atoms with Gasteiger partial charge >= 0.3 is 6.61 Å². The van der Waals surface area contributed by atoms with Crippen LogP contribution in [-0.4, -0.2) is 32.3 Å². The molecule has 0 saturated heterocycles. The summed E-state index contributed by atoms with van der Waals surface area (Å²) in [6.45, 7) is -0.878. The van der Waals surface area contributed by atoms with Gasteiger partial charge in [-0.2, -0.15) is 8.78 Å². The van der Waals surface area contributed by atoms with Crippen molar-refractivity contribution in [2.75, 3.05) is 13.7 Å². The van der Waals surface area contributed by atoms with Crippen LogP contribution < -0.4 is 10.1 Å². The number of nitrogens with one attached hydrogen (secondary N) is 1. The van der Waals surface area contributed by atoms with Crippen molar-refractivity contribution >= 4 is 5.91 Å². The first kappa shape index (κ1) is 14.4. The first-order valence-corrected chi connectivity index (χ1v) is 5.38. The van der Waals surface area contributed by atoms with Gasteiger partial charge in [0, 0.05) is 13.2 Å². The lowest BCUT2D eigenvalue weighted by molar-refractivity contribution is -0.0501.